The van der Waals surface area contributed by atoms with Crippen LogP contribution in [0.5, 0.6) is 0 Å². The number of nitrogens with zero attached hydrogens (tertiary/aromatic N) is 5. The minimum atomic E-state index is -0.347. The summed E-state index contributed by atoms with van der Waals surface area (Å²) in [5, 5.41) is 0. The molecule has 4 rings (SSSR count). The Morgan fingerprint density at radius 2 is 1.26 bits per heavy atom. The maximum Gasteiger partial charge on any atom is 0.332 e. The highest BCUT2D eigenvalue weighted by molar-refractivity contribution is 5.71. The van der Waals surface area contributed by atoms with Crippen LogP contribution in [0, 0.1) is 0 Å². The zero-order valence-corrected chi connectivity index (χ0v) is 23.1. The Labute approximate surface area is 225 Å². The van der Waals surface area contributed by atoms with Crippen molar-refractivity contribution in [3.8, 4) is 0 Å². The van der Waals surface area contributed by atoms with Crippen molar-refractivity contribution in [1.29, 1.82) is 0 Å². The average Bonchev–Trinajstić information content (AvgIpc) is 3.29. The van der Waals surface area contributed by atoms with Crippen LogP contribution in [0.3, 0.4) is 0 Å². The summed E-state index contributed by atoms with van der Waals surface area (Å²) in [5.74, 6) is 0.830. The highest BCUT2D eigenvalue weighted by atomic mass is 16.2. The third-order valence-electron chi connectivity index (χ3n) is 7.28. The fourth-order valence-electron chi connectivity index (χ4n) is 5.13. The molecule has 7 nitrogen and oxygen atoms in total. The van der Waals surface area contributed by atoms with Gasteiger partial charge in [-0.3, -0.25) is 18.8 Å². The van der Waals surface area contributed by atoms with Crippen LogP contribution in [0.1, 0.15) is 68.8 Å². The molecular weight excluding hydrogens is 474 g/mol. The highest BCUT2D eigenvalue weighted by Crippen LogP contribution is 2.19. The molecule has 7 heteroatoms. The van der Waals surface area contributed by atoms with Gasteiger partial charge in [-0.25, -0.2) is 9.78 Å². The lowest BCUT2D eigenvalue weighted by Crippen LogP contribution is -2.37. The van der Waals surface area contributed by atoms with Crippen molar-refractivity contribution in [3.63, 3.8) is 0 Å². The molecule has 4 aromatic rings. The summed E-state index contributed by atoms with van der Waals surface area (Å²) in [5.41, 5.74) is 2.82. The van der Waals surface area contributed by atoms with Gasteiger partial charge in [0.05, 0.1) is 6.54 Å². The van der Waals surface area contributed by atoms with Gasteiger partial charge in [-0.1, -0.05) is 106 Å². The van der Waals surface area contributed by atoms with Gasteiger partial charge in [0.1, 0.15) is 5.82 Å². The maximum absolute atomic E-state index is 13.3. The zero-order valence-electron chi connectivity index (χ0n) is 23.1. The molecule has 0 aliphatic carbocycles. The number of imidazole rings is 1. The maximum atomic E-state index is 13.3. The van der Waals surface area contributed by atoms with Gasteiger partial charge in [-0.15, -0.1) is 0 Å². The normalized spacial score (nSPS) is 11.6. The highest BCUT2D eigenvalue weighted by Gasteiger charge is 2.21. The number of hydrogen-bond donors (Lipinski definition) is 0. The van der Waals surface area contributed by atoms with Gasteiger partial charge in [-0.2, -0.15) is 0 Å². The molecule has 38 heavy (non-hydrogen) atoms. The van der Waals surface area contributed by atoms with Crippen molar-refractivity contribution >= 4 is 11.2 Å². The Morgan fingerprint density at radius 3 is 1.84 bits per heavy atom. The minimum Gasteiger partial charge on any atom is -0.321 e. The number of benzene rings is 2. The number of rotatable bonds is 14. The van der Waals surface area contributed by atoms with Gasteiger partial charge in [0, 0.05) is 33.7 Å². The second kappa shape index (κ2) is 13.4. The van der Waals surface area contributed by atoms with Crippen LogP contribution in [0.2, 0.25) is 0 Å². The molecule has 0 atom stereocenters. The van der Waals surface area contributed by atoms with E-state index in [9.17, 15) is 9.59 Å². The van der Waals surface area contributed by atoms with Crippen molar-refractivity contribution in [1.82, 2.24) is 23.6 Å². The predicted molar refractivity (Wildman–Crippen MR) is 154 cm³/mol. The first-order valence-corrected chi connectivity index (χ1v) is 13.9. The minimum absolute atomic E-state index is 0.275. The molecule has 0 saturated heterocycles. The number of aromatic nitrogens is 4. The summed E-state index contributed by atoms with van der Waals surface area (Å²) >= 11 is 0. The molecule has 0 aliphatic heterocycles. The lowest BCUT2D eigenvalue weighted by atomic mass is 10.1. The van der Waals surface area contributed by atoms with Crippen LogP contribution >= 0.6 is 0 Å². The summed E-state index contributed by atoms with van der Waals surface area (Å²) in [6.45, 7) is 5.04. The largest absolute Gasteiger partial charge is 0.332 e. The molecule has 0 N–H and O–H groups in total. The third-order valence-corrected chi connectivity index (χ3v) is 7.28. The Kier molecular flexibility index (Phi) is 9.71. The van der Waals surface area contributed by atoms with Crippen LogP contribution < -0.4 is 11.2 Å². The molecule has 0 unspecified atom stereocenters. The zero-order chi connectivity index (χ0) is 26.9. The van der Waals surface area contributed by atoms with E-state index in [-0.39, 0.29) is 11.2 Å². The van der Waals surface area contributed by atoms with E-state index >= 15 is 0 Å². The fraction of sp³-hybridized carbons (Fsp3) is 0.452. The predicted octanol–water partition coefficient (Wildman–Crippen LogP) is 5.39. The van der Waals surface area contributed by atoms with Gasteiger partial charge in [0.2, 0.25) is 0 Å². The van der Waals surface area contributed by atoms with Gasteiger partial charge in [-0.05, 0) is 17.5 Å². The Bertz CT molecular complexity index is 1380. The molecule has 202 valence electrons. The Balaban J connectivity index is 1.66. The van der Waals surface area contributed by atoms with Crippen molar-refractivity contribution in [2.45, 2.75) is 78.0 Å². The van der Waals surface area contributed by atoms with E-state index in [0.717, 1.165) is 38.3 Å². The summed E-state index contributed by atoms with van der Waals surface area (Å²) in [6.07, 6.45) is 8.37. The summed E-state index contributed by atoms with van der Waals surface area (Å²) in [4.78, 5) is 33.2. The van der Waals surface area contributed by atoms with Crippen LogP contribution in [0.4, 0.5) is 0 Å². The summed E-state index contributed by atoms with van der Waals surface area (Å²) in [6, 6.07) is 20.9. The van der Waals surface area contributed by atoms with E-state index in [2.05, 4.69) is 64.9 Å². The van der Waals surface area contributed by atoms with Crippen molar-refractivity contribution in [2.24, 2.45) is 14.1 Å². The van der Waals surface area contributed by atoms with Crippen molar-refractivity contribution in [3.05, 3.63) is 98.5 Å². The SMILES string of the molecule is CCCCCCCCCn1c(CN(Cc2ccccc2)Cc2ccccc2)nc2c1c(=O)n(C)c(=O)n2C. The molecule has 2 aromatic carbocycles. The van der Waals surface area contributed by atoms with Crippen molar-refractivity contribution < 1.29 is 0 Å². The monoisotopic (exact) mass is 515 g/mol. The van der Waals surface area contributed by atoms with E-state index in [4.69, 9.17) is 4.98 Å². The van der Waals surface area contributed by atoms with Crippen molar-refractivity contribution in [2.75, 3.05) is 0 Å². The molecule has 0 aliphatic rings. The van der Waals surface area contributed by atoms with Crippen LogP contribution in [-0.4, -0.2) is 23.6 Å². The summed E-state index contributed by atoms with van der Waals surface area (Å²) in [7, 11) is 3.25. The molecule has 2 aromatic heterocycles. The van der Waals surface area contributed by atoms with Gasteiger partial charge in [0.25, 0.3) is 5.56 Å². The lowest BCUT2D eigenvalue weighted by molar-refractivity contribution is 0.238. The van der Waals surface area contributed by atoms with Crippen LogP contribution in [0.25, 0.3) is 11.2 Å². The molecule has 0 radical (unpaired) electrons. The number of fused-ring (bicyclic) bond motifs is 1. The number of hydrogen-bond acceptors (Lipinski definition) is 4. The van der Waals surface area contributed by atoms with Crippen LogP contribution in [-0.2, 0) is 40.3 Å². The lowest BCUT2D eigenvalue weighted by Gasteiger charge is -2.23. The van der Waals surface area contributed by atoms with E-state index in [0.29, 0.717) is 17.7 Å². The number of unbranched alkanes of at least 4 members (excludes halogenated alkanes) is 6. The fourth-order valence-corrected chi connectivity index (χ4v) is 5.13. The summed E-state index contributed by atoms with van der Waals surface area (Å²) < 4.78 is 4.77. The molecule has 0 spiro atoms. The average molecular weight is 516 g/mol. The second-order valence-corrected chi connectivity index (χ2v) is 10.3. The van der Waals surface area contributed by atoms with E-state index in [1.165, 1.54) is 52.4 Å². The standard InChI is InChI=1S/C31H41N5O2/c1-4-5-6-7-8-9-16-21-36-27(32-29-28(36)30(37)34(3)31(38)33(29)2)24-35(22-25-17-12-10-13-18-25)23-26-19-14-11-15-20-26/h10-15,17-20H,4-9,16,21-24H2,1-3H3. The van der Waals surface area contributed by atoms with Gasteiger partial charge < -0.3 is 4.57 Å². The Morgan fingerprint density at radius 1 is 0.711 bits per heavy atom. The molecule has 0 bridgehead atoms. The van der Waals surface area contributed by atoms with Gasteiger partial charge in [0.15, 0.2) is 11.2 Å². The smallest absolute Gasteiger partial charge is 0.321 e. The molecular formula is C31H41N5O2. The van der Waals surface area contributed by atoms with E-state index in [1.807, 2.05) is 12.1 Å². The van der Waals surface area contributed by atoms with E-state index < -0.39 is 0 Å². The first-order valence-electron chi connectivity index (χ1n) is 13.9. The molecule has 0 fully saturated rings. The first kappa shape index (κ1) is 27.6. The Hall–Kier alpha value is -3.45. The third kappa shape index (κ3) is 6.70. The topological polar surface area (TPSA) is 65.1 Å². The first-order chi connectivity index (χ1) is 18.5. The quantitative estimate of drug-likeness (QED) is 0.211. The molecule has 2 heterocycles. The molecule has 0 saturated carbocycles. The number of aryl methyl sites for hydroxylation is 2. The second-order valence-electron chi connectivity index (χ2n) is 10.3. The van der Waals surface area contributed by atoms with Gasteiger partial charge >= 0.3 is 5.69 Å². The van der Waals surface area contributed by atoms with Crippen LogP contribution in [0.15, 0.2) is 70.3 Å². The van der Waals surface area contributed by atoms with E-state index in [1.54, 1.807) is 14.1 Å². The molecule has 0 amide bonds.